The molecular weight excluding hydrogens is 459 g/mol. The molecule has 3 fully saturated rings. The van der Waals surface area contributed by atoms with Gasteiger partial charge < -0.3 is 10.2 Å². The fraction of sp³-hybridized carbons (Fsp3) is 0.520. The van der Waals surface area contributed by atoms with Crippen molar-refractivity contribution in [2.24, 2.45) is 0 Å². The minimum absolute atomic E-state index is 0.274. The highest BCUT2D eigenvalue weighted by Gasteiger charge is 2.36. The Labute approximate surface area is 209 Å². The number of benzene rings is 1. The van der Waals surface area contributed by atoms with E-state index in [-0.39, 0.29) is 11.6 Å². The van der Waals surface area contributed by atoms with Gasteiger partial charge in [0.2, 0.25) is 5.95 Å². The number of likely N-dealkylation sites (N-methyl/N-ethyl adjacent to an activating group) is 1. The van der Waals surface area contributed by atoms with Gasteiger partial charge in [-0.3, -0.25) is 4.90 Å². The molecule has 0 amide bonds. The van der Waals surface area contributed by atoms with Crippen LogP contribution >= 0.6 is 0 Å². The number of nitrogens with zero attached hydrogens (tertiary/aromatic N) is 9. The first kappa shape index (κ1) is 22.8. The minimum atomic E-state index is -0.412. The van der Waals surface area contributed by atoms with E-state index in [9.17, 15) is 9.65 Å². The van der Waals surface area contributed by atoms with Gasteiger partial charge in [0.25, 0.3) is 0 Å². The summed E-state index contributed by atoms with van der Waals surface area (Å²) >= 11 is 0. The average molecular weight is 489 g/mol. The first-order valence-electron chi connectivity index (χ1n) is 12.7. The molecule has 3 aromatic rings. The van der Waals surface area contributed by atoms with Crippen LogP contribution in [0, 0.1) is 17.1 Å². The second-order valence-electron chi connectivity index (χ2n) is 9.98. The molecule has 3 aliphatic rings. The summed E-state index contributed by atoms with van der Waals surface area (Å²) in [4.78, 5) is 13.9. The van der Waals surface area contributed by atoms with Crippen molar-refractivity contribution in [1.29, 1.82) is 5.26 Å². The summed E-state index contributed by atoms with van der Waals surface area (Å²) < 4.78 is 16.2. The van der Waals surface area contributed by atoms with E-state index in [4.69, 9.17) is 4.98 Å². The SMILES string of the molecule is CN(c1nc(Nc2ccc(F)c(-n3nnnc3C3CC3)c2)ncc1C#N)[C@H]1CCCN2CCCC[C@H]12. The lowest BCUT2D eigenvalue weighted by atomic mass is 9.88. The quantitative estimate of drug-likeness (QED) is 0.557. The van der Waals surface area contributed by atoms with Crippen LogP contribution in [0.3, 0.4) is 0 Å². The molecule has 2 aromatic heterocycles. The largest absolute Gasteiger partial charge is 0.354 e. The number of nitrogens with one attached hydrogen (secondary N) is 1. The van der Waals surface area contributed by atoms with Crippen LogP contribution in [-0.4, -0.2) is 67.3 Å². The van der Waals surface area contributed by atoms with Crippen LogP contribution < -0.4 is 10.2 Å². The Hall–Kier alpha value is -3.65. The molecule has 2 aliphatic heterocycles. The lowest BCUT2D eigenvalue weighted by molar-refractivity contribution is 0.0893. The normalized spacial score (nSPS) is 22.0. The Morgan fingerprint density at radius 2 is 2.00 bits per heavy atom. The molecule has 1 aliphatic carbocycles. The molecule has 6 rings (SSSR count). The van der Waals surface area contributed by atoms with Gasteiger partial charge in [0.05, 0.1) is 6.20 Å². The van der Waals surface area contributed by atoms with Crippen LogP contribution in [0.4, 0.5) is 21.8 Å². The first-order chi connectivity index (χ1) is 17.6. The van der Waals surface area contributed by atoms with Gasteiger partial charge in [-0.25, -0.2) is 9.37 Å². The van der Waals surface area contributed by atoms with E-state index in [0.717, 1.165) is 38.8 Å². The third-order valence-corrected chi connectivity index (χ3v) is 7.64. The predicted octanol–water partition coefficient (Wildman–Crippen LogP) is 3.54. The van der Waals surface area contributed by atoms with Crippen molar-refractivity contribution in [3.63, 3.8) is 0 Å². The lowest BCUT2D eigenvalue weighted by Gasteiger charge is -2.47. The molecular formula is C25H29FN10. The van der Waals surface area contributed by atoms with Crippen molar-refractivity contribution in [2.75, 3.05) is 30.4 Å². The predicted molar refractivity (Wildman–Crippen MR) is 132 cm³/mol. The third-order valence-electron chi connectivity index (χ3n) is 7.64. The number of aromatic nitrogens is 6. The number of rotatable bonds is 6. The number of halogens is 1. The van der Waals surface area contributed by atoms with Crippen LogP contribution in [0.25, 0.3) is 5.69 Å². The topological polar surface area (TPSA) is 112 Å². The second kappa shape index (κ2) is 9.43. The lowest BCUT2D eigenvalue weighted by Crippen LogP contribution is -2.56. The Morgan fingerprint density at radius 1 is 1.14 bits per heavy atom. The van der Waals surface area contributed by atoms with E-state index in [1.165, 1.54) is 30.0 Å². The maximum Gasteiger partial charge on any atom is 0.229 e. The fourth-order valence-electron chi connectivity index (χ4n) is 5.66. The van der Waals surface area contributed by atoms with E-state index in [2.05, 4.69) is 41.7 Å². The zero-order valence-corrected chi connectivity index (χ0v) is 20.3. The van der Waals surface area contributed by atoms with Gasteiger partial charge in [-0.1, -0.05) is 6.42 Å². The van der Waals surface area contributed by atoms with Crippen LogP contribution in [0.1, 0.15) is 62.3 Å². The van der Waals surface area contributed by atoms with Crippen LogP contribution in [0.2, 0.25) is 0 Å². The van der Waals surface area contributed by atoms with Gasteiger partial charge in [0, 0.05) is 30.7 Å². The Kier molecular flexibility index (Phi) is 5.97. The van der Waals surface area contributed by atoms with Crippen LogP contribution in [-0.2, 0) is 0 Å². The second-order valence-corrected chi connectivity index (χ2v) is 9.98. The summed E-state index contributed by atoms with van der Waals surface area (Å²) in [6.07, 6.45) is 9.46. The minimum Gasteiger partial charge on any atom is -0.354 e. The highest BCUT2D eigenvalue weighted by Crippen LogP contribution is 2.39. The molecule has 0 unspecified atom stereocenters. The van der Waals surface area contributed by atoms with Gasteiger partial charge in [-0.15, -0.1) is 5.10 Å². The van der Waals surface area contributed by atoms with Crippen LogP contribution in [0.15, 0.2) is 24.4 Å². The van der Waals surface area contributed by atoms with Gasteiger partial charge in [-0.2, -0.15) is 14.9 Å². The zero-order chi connectivity index (χ0) is 24.6. The fourth-order valence-corrected chi connectivity index (χ4v) is 5.66. The Morgan fingerprint density at radius 3 is 2.83 bits per heavy atom. The van der Waals surface area contributed by atoms with E-state index in [1.807, 2.05) is 7.05 Å². The molecule has 10 nitrogen and oxygen atoms in total. The highest BCUT2D eigenvalue weighted by molar-refractivity contribution is 5.62. The summed E-state index contributed by atoms with van der Waals surface area (Å²) in [6.45, 7) is 2.29. The number of anilines is 3. The number of tetrazole rings is 1. The molecule has 11 heteroatoms. The maximum absolute atomic E-state index is 14.7. The number of nitriles is 1. The van der Waals surface area contributed by atoms with Crippen molar-refractivity contribution in [1.82, 2.24) is 35.1 Å². The summed E-state index contributed by atoms with van der Waals surface area (Å²) in [5.41, 5.74) is 1.33. The van der Waals surface area contributed by atoms with E-state index < -0.39 is 5.82 Å². The zero-order valence-electron chi connectivity index (χ0n) is 20.3. The molecule has 4 heterocycles. The summed E-state index contributed by atoms with van der Waals surface area (Å²) in [7, 11) is 2.03. The van der Waals surface area contributed by atoms with Gasteiger partial charge in [0.15, 0.2) is 11.6 Å². The molecule has 1 aromatic carbocycles. The molecule has 0 bridgehead atoms. The first-order valence-corrected chi connectivity index (χ1v) is 12.7. The number of piperidine rings is 2. The molecule has 186 valence electrons. The van der Waals surface area contributed by atoms with E-state index >= 15 is 0 Å². The van der Waals surface area contributed by atoms with Crippen molar-refractivity contribution in [2.45, 2.75) is 62.9 Å². The van der Waals surface area contributed by atoms with E-state index in [0.29, 0.717) is 40.9 Å². The molecule has 2 atom stereocenters. The summed E-state index contributed by atoms with van der Waals surface area (Å²) in [6, 6.07) is 7.70. The molecule has 2 saturated heterocycles. The number of hydrogen-bond acceptors (Lipinski definition) is 9. The summed E-state index contributed by atoms with van der Waals surface area (Å²) in [5, 5.41) is 24.8. The van der Waals surface area contributed by atoms with Crippen molar-refractivity contribution >= 4 is 17.5 Å². The molecule has 1 N–H and O–H groups in total. The average Bonchev–Trinajstić information content (AvgIpc) is 3.65. The highest BCUT2D eigenvalue weighted by atomic mass is 19.1. The third kappa shape index (κ3) is 4.26. The van der Waals surface area contributed by atoms with Crippen LogP contribution in [0.5, 0.6) is 0 Å². The number of fused-ring (bicyclic) bond motifs is 1. The molecule has 1 saturated carbocycles. The smallest absolute Gasteiger partial charge is 0.229 e. The maximum atomic E-state index is 14.7. The summed E-state index contributed by atoms with van der Waals surface area (Å²) in [5.74, 6) is 1.50. The van der Waals surface area contributed by atoms with Crippen molar-refractivity contribution in [3.8, 4) is 11.8 Å². The van der Waals surface area contributed by atoms with E-state index in [1.54, 1.807) is 18.3 Å². The van der Waals surface area contributed by atoms with Gasteiger partial charge in [-0.05, 0) is 80.2 Å². The van der Waals surface area contributed by atoms with Crippen molar-refractivity contribution in [3.05, 3.63) is 41.6 Å². The Balaban J connectivity index is 1.28. The Bertz CT molecular complexity index is 1290. The standard InChI is InChI=1S/C25H29FN10/c1-34(20-6-4-12-35-11-3-2-5-21(20)35)23-17(14-27)15-28-25(30-23)29-18-9-10-19(26)22(13-18)36-24(16-7-8-16)31-32-33-36/h9-10,13,15-16,20-21H,2-8,11-12H2,1H3,(H,28,29,30)/t20-,21+/m0/s1. The molecule has 0 radical (unpaired) electrons. The molecule has 0 spiro atoms. The van der Waals surface area contributed by atoms with Gasteiger partial charge >= 0.3 is 0 Å². The van der Waals surface area contributed by atoms with Crippen molar-refractivity contribution < 1.29 is 4.39 Å². The monoisotopic (exact) mass is 488 g/mol. The molecule has 36 heavy (non-hydrogen) atoms. The van der Waals surface area contributed by atoms with Gasteiger partial charge in [0.1, 0.15) is 23.1 Å². The number of hydrogen-bond donors (Lipinski definition) is 1.